The van der Waals surface area contributed by atoms with Gasteiger partial charge in [-0.05, 0) is 30.9 Å². The van der Waals surface area contributed by atoms with E-state index in [1.54, 1.807) is 28.9 Å². The molecule has 0 amide bonds. The minimum Gasteiger partial charge on any atom is -0.454 e. The van der Waals surface area contributed by atoms with Crippen molar-refractivity contribution in [2.75, 3.05) is 12.3 Å². The Morgan fingerprint density at radius 3 is 2.62 bits per heavy atom. The van der Waals surface area contributed by atoms with Crippen LogP contribution in [0, 0.1) is 5.92 Å². The number of anilines is 1. The molecule has 26 heavy (non-hydrogen) atoms. The summed E-state index contributed by atoms with van der Waals surface area (Å²) in [7, 11) is 0. The van der Waals surface area contributed by atoms with Crippen molar-refractivity contribution >= 4 is 29.2 Å². The molecule has 140 valence electrons. The second kappa shape index (κ2) is 8.85. The summed E-state index contributed by atoms with van der Waals surface area (Å²) < 4.78 is 6.81. The van der Waals surface area contributed by atoms with Gasteiger partial charge in [0.2, 0.25) is 5.78 Å². The standard InChI is InChI=1S/C19H24ClN3O3/c1-4-15-17(18(21)23(22-15)10-9-12(2)3)19(25)26-11-16(24)13-7-5-6-8-14(13)20/h5-8,12H,4,9-11,21H2,1-3H3. The van der Waals surface area contributed by atoms with Crippen LogP contribution in [0.5, 0.6) is 0 Å². The Balaban J connectivity index is 2.11. The van der Waals surface area contributed by atoms with Crippen molar-refractivity contribution in [3.05, 3.63) is 46.1 Å². The molecule has 6 nitrogen and oxygen atoms in total. The molecule has 0 saturated carbocycles. The maximum absolute atomic E-state index is 12.5. The van der Waals surface area contributed by atoms with E-state index in [1.165, 1.54) is 0 Å². The summed E-state index contributed by atoms with van der Waals surface area (Å²) in [6.45, 7) is 6.33. The number of hydrogen-bond donors (Lipinski definition) is 1. The minimum absolute atomic E-state index is 0.239. The molecule has 1 heterocycles. The van der Waals surface area contributed by atoms with E-state index in [0.29, 0.717) is 35.2 Å². The number of carbonyl (C=O) groups is 2. The van der Waals surface area contributed by atoms with Crippen LogP contribution in [0.2, 0.25) is 5.02 Å². The largest absolute Gasteiger partial charge is 0.454 e. The molecule has 2 rings (SSSR count). The lowest BCUT2D eigenvalue weighted by Crippen LogP contribution is -2.16. The summed E-state index contributed by atoms with van der Waals surface area (Å²) in [6.07, 6.45) is 1.44. The number of benzene rings is 1. The predicted molar refractivity (Wildman–Crippen MR) is 102 cm³/mol. The molecule has 0 radical (unpaired) electrons. The van der Waals surface area contributed by atoms with Crippen LogP contribution < -0.4 is 5.73 Å². The van der Waals surface area contributed by atoms with Crippen LogP contribution in [-0.4, -0.2) is 28.1 Å². The van der Waals surface area contributed by atoms with Crippen molar-refractivity contribution in [1.29, 1.82) is 0 Å². The normalized spacial score (nSPS) is 11.0. The quantitative estimate of drug-likeness (QED) is 0.559. The van der Waals surface area contributed by atoms with Gasteiger partial charge in [0.05, 0.1) is 10.7 Å². The number of nitrogen functional groups attached to an aromatic ring is 1. The third-order valence-electron chi connectivity index (χ3n) is 4.03. The van der Waals surface area contributed by atoms with E-state index < -0.39 is 12.6 Å². The average Bonchev–Trinajstić information content (AvgIpc) is 2.93. The van der Waals surface area contributed by atoms with Gasteiger partial charge in [-0.1, -0.05) is 44.5 Å². The summed E-state index contributed by atoms with van der Waals surface area (Å²) in [6, 6.07) is 6.63. The zero-order valence-corrected chi connectivity index (χ0v) is 16.0. The molecule has 7 heteroatoms. The number of aromatic nitrogens is 2. The molecular weight excluding hydrogens is 354 g/mol. The summed E-state index contributed by atoms with van der Waals surface area (Å²) >= 11 is 5.99. The van der Waals surface area contributed by atoms with Gasteiger partial charge < -0.3 is 10.5 Å². The molecule has 2 aromatic rings. The topological polar surface area (TPSA) is 87.2 Å². The minimum atomic E-state index is -0.643. The molecule has 0 aliphatic heterocycles. The first-order chi connectivity index (χ1) is 12.3. The zero-order chi connectivity index (χ0) is 19.3. The van der Waals surface area contributed by atoms with Crippen molar-refractivity contribution < 1.29 is 14.3 Å². The number of carbonyl (C=O) groups excluding carboxylic acids is 2. The first kappa shape index (κ1) is 20.0. The molecule has 0 bridgehead atoms. The van der Waals surface area contributed by atoms with Gasteiger partial charge in [-0.15, -0.1) is 0 Å². The highest BCUT2D eigenvalue weighted by Gasteiger charge is 2.23. The van der Waals surface area contributed by atoms with E-state index >= 15 is 0 Å². The number of Topliss-reactive ketones (excluding diaryl/α,β-unsaturated/α-hetero) is 1. The number of ether oxygens (including phenoxy) is 1. The van der Waals surface area contributed by atoms with Gasteiger partial charge in [0.15, 0.2) is 6.61 Å². The molecule has 0 unspecified atom stereocenters. The third kappa shape index (κ3) is 4.64. The monoisotopic (exact) mass is 377 g/mol. The first-order valence-corrected chi connectivity index (χ1v) is 9.02. The number of esters is 1. The van der Waals surface area contributed by atoms with Crippen LogP contribution in [0.25, 0.3) is 0 Å². The number of aryl methyl sites for hydroxylation is 2. The number of rotatable bonds is 8. The van der Waals surface area contributed by atoms with Gasteiger partial charge in [0, 0.05) is 12.1 Å². The Morgan fingerprint density at radius 1 is 1.31 bits per heavy atom. The van der Waals surface area contributed by atoms with Gasteiger partial charge in [-0.25, -0.2) is 9.48 Å². The molecule has 0 fully saturated rings. The number of hydrogen-bond acceptors (Lipinski definition) is 5. The average molecular weight is 378 g/mol. The summed E-state index contributed by atoms with van der Waals surface area (Å²) in [5.41, 5.74) is 7.23. The van der Waals surface area contributed by atoms with Crippen LogP contribution in [-0.2, 0) is 17.7 Å². The Morgan fingerprint density at radius 2 is 2.00 bits per heavy atom. The highest BCUT2D eigenvalue weighted by atomic mass is 35.5. The fourth-order valence-corrected chi connectivity index (χ4v) is 2.76. The number of ketones is 1. The lowest BCUT2D eigenvalue weighted by molar-refractivity contribution is 0.0474. The van der Waals surface area contributed by atoms with E-state index in [9.17, 15) is 9.59 Å². The SMILES string of the molecule is CCc1nn(CCC(C)C)c(N)c1C(=O)OCC(=O)c1ccccc1Cl. The number of halogens is 1. The van der Waals surface area contributed by atoms with Crippen molar-refractivity contribution in [2.24, 2.45) is 5.92 Å². The van der Waals surface area contributed by atoms with Crippen molar-refractivity contribution in [2.45, 2.75) is 40.2 Å². The lowest BCUT2D eigenvalue weighted by Gasteiger charge is -2.08. The van der Waals surface area contributed by atoms with E-state index in [1.807, 2.05) is 6.92 Å². The predicted octanol–water partition coefficient (Wildman–Crippen LogP) is 3.77. The molecule has 0 atom stereocenters. The van der Waals surface area contributed by atoms with E-state index in [0.717, 1.165) is 6.42 Å². The molecule has 2 N–H and O–H groups in total. The number of nitrogens with zero attached hydrogens (tertiary/aromatic N) is 2. The lowest BCUT2D eigenvalue weighted by atomic mass is 10.1. The fraction of sp³-hybridized carbons (Fsp3) is 0.421. The highest BCUT2D eigenvalue weighted by Crippen LogP contribution is 2.21. The van der Waals surface area contributed by atoms with Crippen LogP contribution in [0.3, 0.4) is 0 Å². The maximum atomic E-state index is 12.5. The Kier molecular flexibility index (Phi) is 6.80. The van der Waals surface area contributed by atoms with Gasteiger partial charge in [0.1, 0.15) is 11.4 Å². The van der Waals surface area contributed by atoms with Crippen LogP contribution in [0.4, 0.5) is 5.82 Å². The van der Waals surface area contributed by atoms with Gasteiger partial charge >= 0.3 is 5.97 Å². The van der Waals surface area contributed by atoms with Gasteiger partial charge in [0.25, 0.3) is 0 Å². The Labute approximate surface area is 158 Å². The summed E-state index contributed by atoms with van der Waals surface area (Å²) in [5.74, 6) is -0.242. The molecule has 0 aliphatic rings. The smallest absolute Gasteiger partial charge is 0.344 e. The molecule has 0 aliphatic carbocycles. The third-order valence-corrected chi connectivity index (χ3v) is 4.36. The van der Waals surface area contributed by atoms with Crippen LogP contribution in [0.1, 0.15) is 53.6 Å². The zero-order valence-electron chi connectivity index (χ0n) is 15.3. The van der Waals surface area contributed by atoms with E-state index in [-0.39, 0.29) is 17.2 Å². The molecule has 0 spiro atoms. The summed E-state index contributed by atoms with van der Waals surface area (Å²) in [4.78, 5) is 24.7. The van der Waals surface area contributed by atoms with E-state index in [2.05, 4.69) is 18.9 Å². The van der Waals surface area contributed by atoms with Gasteiger partial charge in [-0.3, -0.25) is 4.79 Å². The van der Waals surface area contributed by atoms with Crippen molar-refractivity contribution in [1.82, 2.24) is 9.78 Å². The summed E-state index contributed by atoms with van der Waals surface area (Å²) in [5, 5.41) is 4.73. The van der Waals surface area contributed by atoms with E-state index in [4.69, 9.17) is 22.1 Å². The Bertz CT molecular complexity index is 799. The second-order valence-corrected chi connectivity index (χ2v) is 6.85. The molecular formula is C19H24ClN3O3. The Hall–Kier alpha value is -2.34. The van der Waals surface area contributed by atoms with Gasteiger partial charge in [-0.2, -0.15) is 5.10 Å². The second-order valence-electron chi connectivity index (χ2n) is 6.45. The first-order valence-electron chi connectivity index (χ1n) is 8.65. The fourth-order valence-electron chi connectivity index (χ4n) is 2.52. The van der Waals surface area contributed by atoms with Crippen LogP contribution >= 0.6 is 11.6 Å². The molecule has 0 saturated heterocycles. The van der Waals surface area contributed by atoms with Crippen molar-refractivity contribution in [3.63, 3.8) is 0 Å². The molecule has 1 aromatic carbocycles. The highest BCUT2D eigenvalue weighted by molar-refractivity contribution is 6.34. The van der Waals surface area contributed by atoms with Crippen LogP contribution in [0.15, 0.2) is 24.3 Å². The maximum Gasteiger partial charge on any atom is 0.344 e. The van der Waals surface area contributed by atoms with Crippen molar-refractivity contribution in [3.8, 4) is 0 Å². The number of nitrogens with two attached hydrogens (primary N) is 1. The molecule has 1 aromatic heterocycles.